The van der Waals surface area contributed by atoms with Gasteiger partial charge in [-0.05, 0) is 23.1 Å². The first-order valence-electron chi connectivity index (χ1n) is 7.46. The molecule has 3 heteroatoms. The predicted molar refractivity (Wildman–Crippen MR) is 89.0 cm³/mol. The molecule has 0 spiro atoms. The molecule has 0 aliphatic heterocycles. The number of hydrogen-bond acceptors (Lipinski definition) is 2. The Labute approximate surface area is 125 Å². The SMILES string of the molecule is CC(C)CCn1cc(N)c(-c2cccc3ccccc23)n1. The molecule has 0 atom stereocenters. The first-order valence-corrected chi connectivity index (χ1v) is 7.46. The average molecular weight is 279 g/mol. The third-order valence-electron chi connectivity index (χ3n) is 3.77. The molecule has 3 nitrogen and oxygen atoms in total. The van der Waals surface area contributed by atoms with Gasteiger partial charge in [-0.15, -0.1) is 0 Å². The van der Waals surface area contributed by atoms with Gasteiger partial charge in [-0.2, -0.15) is 5.10 Å². The van der Waals surface area contributed by atoms with Crippen LogP contribution in [0.15, 0.2) is 48.7 Å². The fourth-order valence-corrected chi connectivity index (χ4v) is 2.58. The molecule has 2 aromatic carbocycles. The summed E-state index contributed by atoms with van der Waals surface area (Å²) in [5, 5.41) is 7.10. The van der Waals surface area contributed by atoms with Gasteiger partial charge in [-0.1, -0.05) is 56.3 Å². The van der Waals surface area contributed by atoms with Gasteiger partial charge in [0.1, 0.15) is 5.69 Å². The van der Waals surface area contributed by atoms with Gasteiger partial charge in [-0.25, -0.2) is 0 Å². The van der Waals surface area contributed by atoms with E-state index in [2.05, 4.69) is 56.3 Å². The monoisotopic (exact) mass is 279 g/mol. The van der Waals surface area contributed by atoms with E-state index in [-0.39, 0.29) is 0 Å². The van der Waals surface area contributed by atoms with Crippen molar-refractivity contribution in [2.45, 2.75) is 26.8 Å². The summed E-state index contributed by atoms with van der Waals surface area (Å²) in [4.78, 5) is 0. The number of fused-ring (bicyclic) bond motifs is 1. The highest BCUT2D eigenvalue weighted by Gasteiger charge is 2.11. The van der Waals surface area contributed by atoms with Gasteiger partial charge in [0, 0.05) is 18.3 Å². The van der Waals surface area contributed by atoms with Gasteiger partial charge < -0.3 is 5.73 Å². The lowest BCUT2D eigenvalue weighted by Gasteiger charge is -2.05. The van der Waals surface area contributed by atoms with Gasteiger partial charge in [0.15, 0.2) is 0 Å². The normalized spacial score (nSPS) is 11.4. The first-order chi connectivity index (χ1) is 10.1. The van der Waals surface area contributed by atoms with Crippen molar-refractivity contribution in [2.75, 3.05) is 5.73 Å². The van der Waals surface area contributed by atoms with Crippen molar-refractivity contribution < 1.29 is 0 Å². The number of aryl methyl sites for hydroxylation is 1. The van der Waals surface area contributed by atoms with Crippen molar-refractivity contribution in [1.29, 1.82) is 0 Å². The van der Waals surface area contributed by atoms with Crippen molar-refractivity contribution in [3.8, 4) is 11.3 Å². The molecule has 0 radical (unpaired) electrons. The number of nitrogen functional groups attached to an aromatic ring is 1. The average Bonchev–Trinajstić information content (AvgIpc) is 2.85. The topological polar surface area (TPSA) is 43.8 Å². The Hall–Kier alpha value is -2.29. The molecular weight excluding hydrogens is 258 g/mol. The van der Waals surface area contributed by atoms with Gasteiger partial charge in [0.2, 0.25) is 0 Å². The van der Waals surface area contributed by atoms with E-state index in [0.717, 1.165) is 29.9 Å². The smallest absolute Gasteiger partial charge is 0.116 e. The molecule has 0 aliphatic carbocycles. The minimum atomic E-state index is 0.663. The summed E-state index contributed by atoms with van der Waals surface area (Å²) in [5.41, 5.74) is 8.92. The van der Waals surface area contributed by atoms with Crippen LogP contribution >= 0.6 is 0 Å². The summed E-state index contributed by atoms with van der Waals surface area (Å²) in [6, 6.07) is 14.6. The summed E-state index contributed by atoms with van der Waals surface area (Å²) in [6.07, 6.45) is 3.05. The molecule has 3 rings (SSSR count). The van der Waals surface area contributed by atoms with Crippen LogP contribution in [0, 0.1) is 5.92 Å². The van der Waals surface area contributed by atoms with E-state index in [0.29, 0.717) is 5.92 Å². The maximum Gasteiger partial charge on any atom is 0.116 e. The van der Waals surface area contributed by atoms with E-state index in [9.17, 15) is 0 Å². The zero-order valence-electron chi connectivity index (χ0n) is 12.6. The van der Waals surface area contributed by atoms with Crippen molar-refractivity contribution >= 4 is 16.5 Å². The highest BCUT2D eigenvalue weighted by Crippen LogP contribution is 2.31. The Morgan fingerprint density at radius 1 is 1.10 bits per heavy atom. The second kappa shape index (κ2) is 5.60. The van der Waals surface area contributed by atoms with Gasteiger partial charge >= 0.3 is 0 Å². The number of nitrogens with two attached hydrogens (primary N) is 1. The lowest BCUT2D eigenvalue weighted by molar-refractivity contribution is 0.488. The standard InChI is InChI=1S/C18H21N3/c1-13(2)10-11-21-12-17(19)18(20-21)16-9-5-7-14-6-3-4-8-15(14)16/h3-9,12-13H,10-11,19H2,1-2H3. The summed E-state index contributed by atoms with van der Waals surface area (Å²) in [7, 11) is 0. The molecule has 3 aromatic rings. The van der Waals surface area contributed by atoms with Crippen molar-refractivity contribution in [1.82, 2.24) is 9.78 Å². The van der Waals surface area contributed by atoms with Gasteiger partial charge in [0.05, 0.1) is 5.69 Å². The number of nitrogens with zero attached hydrogens (tertiary/aromatic N) is 2. The largest absolute Gasteiger partial charge is 0.396 e. The number of anilines is 1. The molecule has 0 unspecified atom stereocenters. The van der Waals surface area contributed by atoms with E-state index in [1.165, 1.54) is 10.8 Å². The Morgan fingerprint density at radius 3 is 2.67 bits per heavy atom. The Bertz CT molecular complexity index is 751. The summed E-state index contributed by atoms with van der Waals surface area (Å²) in [6.45, 7) is 5.35. The highest BCUT2D eigenvalue weighted by atomic mass is 15.3. The number of aromatic nitrogens is 2. The Morgan fingerprint density at radius 2 is 1.86 bits per heavy atom. The second-order valence-corrected chi connectivity index (χ2v) is 5.91. The molecule has 0 saturated heterocycles. The highest BCUT2D eigenvalue weighted by molar-refractivity contribution is 5.97. The molecule has 0 amide bonds. The molecule has 0 aliphatic rings. The van der Waals surface area contributed by atoms with E-state index >= 15 is 0 Å². The van der Waals surface area contributed by atoms with E-state index in [1.54, 1.807) is 0 Å². The van der Waals surface area contributed by atoms with Crippen LogP contribution in [0.2, 0.25) is 0 Å². The second-order valence-electron chi connectivity index (χ2n) is 5.91. The Balaban J connectivity index is 2.03. The van der Waals surface area contributed by atoms with E-state index < -0.39 is 0 Å². The molecule has 0 fully saturated rings. The molecule has 0 saturated carbocycles. The molecule has 1 aromatic heterocycles. The van der Waals surface area contributed by atoms with Crippen LogP contribution in [0.3, 0.4) is 0 Å². The van der Waals surface area contributed by atoms with E-state index in [1.807, 2.05) is 10.9 Å². The lowest BCUT2D eigenvalue weighted by atomic mass is 10.0. The van der Waals surface area contributed by atoms with Crippen molar-refractivity contribution in [2.24, 2.45) is 5.92 Å². The van der Waals surface area contributed by atoms with Crippen molar-refractivity contribution in [3.63, 3.8) is 0 Å². The molecule has 2 N–H and O–H groups in total. The number of rotatable bonds is 4. The third kappa shape index (κ3) is 2.77. The van der Waals surface area contributed by atoms with Crippen molar-refractivity contribution in [3.05, 3.63) is 48.7 Å². The minimum absolute atomic E-state index is 0.663. The summed E-state index contributed by atoms with van der Waals surface area (Å²) >= 11 is 0. The fraction of sp³-hybridized carbons (Fsp3) is 0.278. The zero-order valence-corrected chi connectivity index (χ0v) is 12.6. The minimum Gasteiger partial charge on any atom is -0.396 e. The molecule has 21 heavy (non-hydrogen) atoms. The zero-order chi connectivity index (χ0) is 14.8. The van der Waals surface area contributed by atoms with Gasteiger partial charge in [0.25, 0.3) is 0 Å². The summed E-state index contributed by atoms with van der Waals surface area (Å²) in [5.74, 6) is 0.663. The van der Waals surface area contributed by atoms with Crippen LogP contribution in [0.4, 0.5) is 5.69 Å². The van der Waals surface area contributed by atoms with Crippen LogP contribution in [-0.4, -0.2) is 9.78 Å². The molecular formula is C18H21N3. The van der Waals surface area contributed by atoms with E-state index in [4.69, 9.17) is 10.8 Å². The van der Waals surface area contributed by atoms with Crippen LogP contribution in [0.5, 0.6) is 0 Å². The maximum atomic E-state index is 6.19. The predicted octanol–water partition coefficient (Wildman–Crippen LogP) is 4.33. The first kappa shape index (κ1) is 13.7. The maximum absolute atomic E-state index is 6.19. The molecule has 1 heterocycles. The quantitative estimate of drug-likeness (QED) is 0.772. The van der Waals surface area contributed by atoms with Crippen LogP contribution in [0.25, 0.3) is 22.0 Å². The molecule has 108 valence electrons. The van der Waals surface area contributed by atoms with Crippen LogP contribution in [0.1, 0.15) is 20.3 Å². The third-order valence-corrected chi connectivity index (χ3v) is 3.77. The number of hydrogen-bond donors (Lipinski definition) is 1. The Kier molecular flexibility index (Phi) is 3.65. The van der Waals surface area contributed by atoms with Crippen LogP contribution in [-0.2, 0) is 6.54 Å². The summed E-state index contributed by atoms with van der Waals surface area (Å²) < 4.78 is 1.96. The lowest BCUT2D eigenvalue weighted by Crippen LogP contribution is -2.02. The molecule has 0 bridgehead atoms. The van der Waals surface area contributed by atoms with Gasteiger partial charge in [-0.3, -0.25) is 4.68 Å². The fourth-order valence-electron chi connectivity index (χ4n) is 2.58. The van der Waals surface area contributed by atoms with Crippen LogP contribution < -0.4 is 5.73 Å². The number of benzene rings is 2.